The summed E-state index contributed by atoms with van der Waals surface area (Å²) in [5.41, 5.74) is 0. The van der Waals surface area contributed by atoms with Gasteiger partial charge in [-0.1, -0.05) is 0 Å². The topological polar surface area (TPSA) is 41.5 Å². The lowest BCUT2D eigenvalue weighted by Gasteiger charge is -2.28. The summed E-state index contributed by atoms with van der Waals surface area (Å²) in [5.74, 6) is 0. The summed E-state index contributed by atoms with van der Waals surface area (Å²) in [5, 5.41) is 12.6. The molecule has 0 aromatic heterocycles. The molecule has 2 N–H and O–H groups in total. The Morgan fingerprint density at radius 3 is 2.50 bits per heavy atom. The summed E-state index contributed by atoms with van der Waals surface area (Å²) in [7, 11) is 1.80. The predicted octanol–water partition coefficient (Wildman–Crippen LogP) is 1.30. The normalized spacial score (nSPS) is 30.2. The molecular formula is C11H23NO2. The molecule has 0 aromatic rings. The maximum atomic E-state index is 9.10. The first-order valence-corrected chi connectivity index (χ1v) is 5.66. The fourth-order valence-corrected chi connectivity index (χ4v) is 2.00. The van der Waals surface area contributed by atoms with Crippen LogP contribution in [0.2, 0.25) is 0 Å². The lowest BCUT2D eigenvalue weighted by molar-refractivity contribution is 0.0620. The number of hydrogen-bond acceptors (Lipinski definition) is 3. The molecule has 0 amide bonds. The molecule has 1 unspecified atom stereocenters. The summed E-state index contributed by atoms with van der Waals surface area (Å²) < 4.78 is 5.31. The van der Waals surface area contributed by atoms with Crippen molar-refractivity contribution in [1.82, 2.24) is 5.32 Å². The van der Waals surface area contributed by atoms with E-state index in [0.29, 0.717) is 12.1 Å². The van der Waals surface area contributed by atoms with Crippen molar-refractivity contribution in [1.29, 1.82) is 0 Å². The smallest absolute Gasteiger partial charge is 0.0572 e. The SMILES string of the molecule is COC1CCC(NCCC(C)O)CC1. The van der Waals surface area contributed by atoms with E-state index >= 15 is 0 Å². The zero-order chi connectivity index (χ0) is 10.4. The van der Waals surface area contributed by atoms with Crippen molar-refractivity contribution in [2.24, 2.45) is 0 Å². The van der Waals surface area contributed by atoms with Gasteiger partial charge in [-0.2, -0.15) is 0 Å². The second-order valence-corrected chi connectivity index (χ2v) is 4.30. The molecule has 0 aliphatic heterocycles. The number of nitrogens with one attached hydrogen (secondary N) is 1. The maximum absolute atomic E-state index is 9.10. The molecule has 84 valence electrons. The third-order valence-corrected chi connectivity index (χ3v) is 3.00. The van der Waals surface area contributed by atoms with Gasteiger partial charge in [-0.15, -0.1) is 0 Å². The molecule has 0 radical (unpaired) electrons. The fourth-order valence-electron chi connectivity index (χ4n) is 2.00. The Morgan fingerprint density at radius 2 is 2.00 bits per heavy atom. The second kappa shape index (κ2) is 6.38. The van der Waals surface area contributed by atoms with Crippen LogP contribution in [0.15, 0.2) is 0 Å². The lowest BCUT2D eigenvalue weighted by atomic mass is 9.93. The summed E-state index contributed by atoms with van der Waals surface area (Å²) in [4.78, 5) is 0. The van der Waals surface area contributed by atoms with Gasteiger partial charge in [0.05, 0.1) is 12.2 Å². The number of rotatable bonds is 5. The van der Waals surface area contributed by atoms with Gasteiger partial charge in [0.1, 0.15) is 0 Å². The van der Waals surface area contributed by atoms with Gasteiger partial charge in [0.15, 0.2) is 0 Å². The number of methoxy groups -OCH3 is 1. The van der Waals surface area contributed by atoms with E-state index in [4.69, 9.17) is 9.84 Å². The Morgan fingerprint density at radius 1 is 1.36 bits per heavy atom. The van der Waals surface area contributed by atoms with Crippen LogP contribution < -0.4 is 5.32 Å². The van der Waals surface area contributed by atoms with Crippen molar-refractivity contribution in [2.75, 3.05) is 13.7 Å². The van der Waals surface area contributed by atoms with Crippen molar-refractivity contribution < 1.29 is 9.84 Å². The van der Waals surface area contributed by atoms with Gasteiger partial charge in [0.2, 0.25) is 0 Å². The van der Waals surface area contributed by atoms with Crippen molar-refractivity contribution in [3.8, 4) is 0 Å². The molecule has 3 heteroatoms. The van der Waals surface area contributed by atoms with Crippen LogP contribution in [0.5, 0.6) is 0 Å². The Kier molecular flexibility index (Phi) is 5.45. The summed E-state index contributed by atoms with van der Waals surface area (Å²) in [6.07, 6.45) is 5.90. The first-order valence-electron chi connectivity index (χ1n) is 5.66. The van der Waals surface area contributed by atoms with E-state index in [2.05, 4.69) is 5.32 Å². The largest absolute Gasteiger partial charge is 0.393 e. The van der Waals surface area contributed by atoms with Crippen LogP contribution >= 0.6 is 0 Å². The van der Waals surface area contributed by atoms with Crippen LogP contribution in [-0.4, -0.2) is 37.0 Å². The molecule has 1 atom stereocenters. The summed E-state index contributed by atoms with van der Waals surface area (Å²) in [6, 6.07) is 0.639. The molecule has 1 fully saturated rings. The van der Waals surface area contributed by atoms with E-state index in [9.17, 15) is 0 Å². The summed E-state index contributed by atoms with van der Waals surface area (Å²) in [6.45, 7) is 2.77. The number of aliphatic hydroxyl groups is 1. The van der Waals surface area contributed by atoms with Crippen LogP contribution in [0.1, 0.15) is 39.0 Å². The van der Waals surface area contributed by atoms with Crippen LogP contribution in [0, 0.1) is 0 Å². The van der Waals surface area contributed by atoms with Gasteiger partial charge in [0.25, 0.3) is 0 Å². The molecule has 0 aromatic carbocycles. The molecule has 3 nitrogen and oxygen atoms in total. The third kappa shape index (κ3) is 4.40. The van der Waals surface area contributed by atoms with Crippen LogP contribution in [-0.2, 0) is 4.74 Å². The summed E-state index contributed by atoms with van der Waals surface area (Å²) >= 11 is 0. The van der Waals surface area contributed by atoms with Gasteiger partial charge in [-0.25, -0.2) is 0 Å². The van der Waals surface area contributed by atoms with Gasteiger partial charge in [0, 0.05) is 13.2 Å². The van der Waals surface area contributed by atoms with E-state index in [0.717, 1.165) is 13.0 Å². The number of hydrogen-bond donors (Lipinski definition) is 2. The molecule has 1 saturated carbocycles. The lowest BCUT2D eigenvalue weighted by Crippen LogP contribution is -2.36. The number of ether oxygens (including phenoxy) is 1. The highest BCUT2D eigenvalue weighted by molar-refractivity contribution is 4.77. The zero-order valence-electron chi connectivity index (χ0n) is 9.33. The highest BCUT2D eigenvalue weighted by atomic mass is 16.5. The minimum atomic E-state index is -0.183. The van der Waals surface area contributed by atoms with Crippen molar-refractivity contribution in [3.05, 3.63) is 0 Å². The first kappa shape index (κ1) is 12.0. The molecular weight excluding hydrogens is 178 g/mol. The van der Waals surface area contributed by atoms with Gasteiger partial charge < -0.3 is 15.2 Å². The Labute approximate surface area is 86.8 Å². The Balaban J connectivity index is 2.04. The molecule has 0 heterocycles. The van der Waals surface area contributed by atoms with Crippen LogP contribution in [0.3, 0.4) is 0 Å². The Hall–Kier alpha value is -0.120. The molecule has 1 aliphatic carbocycles. The molecule has 1 aliphatic rings. The van der Waals surface area contributed by atoms with Crippen molar-refractivity contribution in [3.63, 3.8) is 0 Å². The minimum absolute atomic E-state index is 0.183. The molecule has 1 rings (SSSR count). The standard InChI is InChI=1S/C11H23NO2/c1-9(13)7-8-12-10-3-5-11(14-2)6-4-10/h9-13H,3-8H2,1-2H3. The Bertz CT molecular complexity index is 142. The van der Waals surface area contributed by atoms with Gasteiger partial charge in [-0.05, 0) is 45.6 Å². The van der Waals surface area contributed by atoms with Gasteiger partial charge in [-0.3, -0.25) is 0 Å². The van der Waals surface area contributed by atoms with Crippen LogP contribution in [0.4, 0.5) is 0 Å². The average Bonchev–Trinajstić information content (AvgIpc) is 2.18. The fraction of sp³-hybridized carbons (Fsp3) is 1.00. The monoisotopic (exact) mass is 201 g/mol. The molecule has 0 spiro atoms. The average molecular weight is 201 g/mol. The number of aliphatic hydroxyl groups excluding tert-OH is 1. The van der Waals surface area contributed by atoms with E-state index in [1.54, 1.807) is 7.11 Å². The van der Waals surface area contributed by atoms with E-state index in [1.807, 2.05) is 6.92 Å². The molecule has 14 heavy (non-hydrogen) atoms. The van der Waals surface area contributed by atoms with E-state index in [1.165, 1.54) is 25.7 Å². The second-order valence-electron chi connectivity index (χ2n) is 4.30. The van der Waals surface area contributed by atoms with E-state index < -0.39 is 0 Å². The van der Waals surface area contributed by atoms with Crippen molar-refractivity contribution >= 4 is 0 Å². The highest BCUT2D eigenvalue weighted by Crippen LogP contribution is 2.20. The quantitative estimate of drug-likeness (QED) is 0.704. The molecule has 0 bridgehead atoms. The van der Waals surface area contributed by atoms with Crippen molar-refractivity contribution in [2.45, 2.75) is 57.3 Å². The highest BCUT2D eigenvalue weighted by Gasteiger charge is 2.19. The van der Waals surface area contributed by atoms with Gasteiger partial charge >= 0.3 is 0 Å². The van der Waals surface area contributed by atoms with Crippen LogP contribution in [0.25, 0.3) is 0 Å². The van der Waals surface area contributed by atoms with E-state index in [-0.39, 0.29) is 6.10 Å². The predicted molar refractivity (Wildman–Crippen MR) is 57.4 cm³/mol. The zero-order valence-corrected chi connectivity index (χ0v) is 9.33. The minimum Gasteiger partial charge on any atom is -0.393 e. The maximum Gasteiger partial charge on any atom is 0.0572 e. The first-order chi connectivity index (χ1) is 6.72. The third-order valence-electron chi connectivity index (χ3n) is 3.00. The molecule has 0 saturated heterocycles.